The Kier molecular flexibility index (Phi) is 9.27. The summed E-state index contributed by atoms with van der Waals surface area (Å²) in [6.07, 6.45) is 9.12. The number of aliphatic hydroxyl groups excluding tert-OH is 1. The van der Waals surface area contributed by atoms with Gasteiger partial charge in [0.15, 0.2) is 0 Å². The molecule has 2 aliphatic heterocycles. The van der Waals surface area contributed by atoms with Gasteiger partial charge in [-0.05, 0) is 118 Å². The number of hydrogen-bond acceptors (Lipinski definition) is 7. The molecule has 4 aliphatic rings. The summed E-state index contributed by atoms with van der Waals surface area (Å²) in [7, 11) is -2.25. The summed E-state index contributed by atoms with van der Waals surface area (Å²) in [6, 6.07) is 11.4. The third kappa shape index (κ3) is 6.64. The molecule has 2 bridgehead atoms. The molecule has 0 saturated heterocycles. The molecule has 45 heavy (non-hydrogen) atoms. The van der Waals surface area contributed by atoms with Crippen molar-refractivity contribution in [1.82, 2.24) is 4.72 Å². The summed E-state index contributed by atoms with van der Waals surface area (Å²) < 4.78 is 41.7. The maximum atomic E-state index is 13.5. The lowest BCUT2D eigenvalue weighted by Crippen LogP contribution is -2.49. The average molecular weight is 657 g/mol. The molecular formula is C35H45ClN2O6S. The number of ether oxygens (including phenoxy) is 2. The number of fused-ring (bicyclic) bond motifs is 4. The average Bonchev–Trinajstić information content (AvgIpc) is 3.13. The fourth-order valence-electron chi connectivity index (χ4n) is 7.99. The van der Waals surface area contributed by atoms with Crippen molar-refractivity contribution in [3.05, 3.63) is 70.3 Å². The normalized spacial score (nSPS) is 32.6. The van der Waals surface area contributed by atoms with Gasteiger partial charge in [0.1, 0.15) is 5.75 Å². The predicted octanol–water partition coefficient (Wildman–Crippen LogP) is 5.65. The molecule has 6 rings (SSSR count). The summed E-state index contributed by atoms with van der Waals surface area (Å²) in [5.74, 6) is 0.499. The number of carbonyl (C=O) groups excluding carboxylic acids is 1. The van der Waals surface area contributed by atoms with Gasteiger partial charge in [0.2, 0.25) is 10.0 Å². The van der Waals surface area contributed by atoms with Crippen molar-refractivity contribution in [3.8, 4) is 5.75 Å². The SMILES string of the molecule is CO[C@H]1/C=C/[C@H](C[C@H](C)O)C[C@@H](C)S(=O)(=O)NC(=O)c2ccc3c(c2)N(C[C@@H]2CC[C@H]21)C[C@@]1(CCCc2cc(Cl)ccc21)CO3. The lowest BCUT2D eigenvalue weighted by atomic mass is 9.68. The quantitative estimate of drug-likeness (QED) is 0.412. The first-order valence-electron chi connectivity index (χ1n) is 16.2. The number of nitrogens with zero attached hydrogens (tertiary/aromatic N) is 1. The highest BCUT2D eigenvalue weighted by Crippen LogP contribution is 2.47. The number of carbonyl (C=O) groups is 1. The number of methoxy groups -OCH3 is 1. The largest absolute Gasteiger partial charge is 0.490 e. The van der Waals surface area contributed by atoms with Crippen molar-refractivity contribution in [2.45, 2.75) is 81.7 Å². The van der Waals surface area contributed by atoms with Crippen molar-refractivity contribution < 1.29 is 27.8 Å². The van der Waals surface area contributed by atoms with Gasteiger partial charge in [0, 0.05) is 36.2 Å². The van der Waals surface area contributed by atoms with Gasteiger partial charge in [-0.1, -0.05) is 29.8 Å². The zero-order valence-electron chi connectivity index (χ0n) is 26.4. The summed E-state index contributed by atoms with van der Waals surface area (Å²) in [4.78, 5) is 15.8. The molecule has 10 heteroatoms. The number of benzene rings is 2. The van der Waals surface area contributed by atoms with Gasteiger partial charge in [-0.25, -0.2) is 13.1 Å². The van der Waals surface area contributed by atoms with Crippen molar-refractivity contribution in [1.29, 1.82) is 0 Å². The molecule has 1 saturated carbocycles. The molecule has 7 atom stereocenters. The molecule has 2 heterocycles. The van der Waals surface area contributed by atoms with E-state index in [4.69, 9.17) is 21.1 Å². The number of halogens is 1. The molecule has 2 N–H and O–H groups in total. The first-order chi connectivity index (χ1) is 21.5. The second-order valence-electron chi connectivity index (χ2n) is 13.7. The Balaban J connectivity index is 1.42. The molecule has 0 aromatic heterocycles. The van der Waals surface area contributed by atoms with E-state index in [1.807, 2.05) is 12.1 Å². The molecule has 2 aliphatic carbocycles. The zero-order chi connectivity index (χ0) is 31.9. The fourth-order valence-corrected chi connectivity index (χ4v) is 9.26. The van der Waals surface area contributed by atoms with Crippen LogP contribution in [0.4, 0.5) is 5.69 Å². The first-order valence-corrected chi connectivity index (χ1v) is 18.2. The van der Waals surface area contributed by atoms with E-state index >= 15 is 0 Å². The van der Waals surface area contributed by atoms with Gasteiger partial charge in [-0.15, -0.1) is 0 Å². The minimum Gasteiger partial charge on any atom is -0.490 e. The van der Waals surface area contributed by atoms with Crippen molar-refractivity contribution in [2.24, 2.45) is 17.8 Å². The van der Waals surface area contributed by atoms with Gasteiger partial charge in [0.05, 0.1) is 29.8 Å². The molecule has 1 fully saturated rings. The number of amides is 1. The van der Waals surface area contributed by atoms with Crippen LogP contribution in [0, 0.1) is 17.8 Å². The molecule has 0 unspecified atom stereocenters. The van der Waals surface area contributed by atoms with Crippen LogP contribution in [0.2, 0.25) is 5.02 Å². The van der Waals surface area contributed by atoms with Crippen LogP contribution in [-0.2, 0) is 26.6 Å². The molecule has 0 radical (unpaired) electrons. The molecule has 2 aromatic rings. The first kappa shape index (κ1) is 32.4. The highest BCUT2D eigenvalue weighted by atomic mass is 35.5. The van der Waals surface area contributed by atoms with Crippen LogP contribution in [0.1, 0.15) is 73.9 Å². The monoisotopic (exact) mass is 656 g/mol. The summed E-state index contributed by atoms with van der Waals surface area (Å²) in [6.45, 7) is 5.30. The van der Waals surface area contributed by atoms with Crippen LogP contribution in [0.5, 0.6) is 5.75 Å². The lowest BCUT2D eigenvalue weighted by molar-refractivity contribution is 0.0129. The number of nitrogens with one attached hydrogen (secondary N) is 1. The molecule has 1 spiro atoms. The fraction of sp³-hybridized carbons (Fsp3) is 0.571. The number of anilines is 1. The summed E-state index contributed by atoms with van der Waals surface area (Å²) >= 11 is 6.42. The second-order valence-corrected chi connectivity index (χ2v) is 16.3. The van der Waals surface area contributed by atoms with Crippen molar-refractivity contribution in [3.63, 3.8) is 0 Å². The zero-order valence-corrected chi connectivity index (χ0v) is 27.9. The predicted molar refractivity (Wildman–Crippen MR) is 177 cm³/mol. The third-order valence-corrected chi connectivity index (χ3v) is 12.5. The highest BCUT2D eigenvalue weighted by Gasteiger charge is 2.44. The third-order valence-electron chi connectivity index (χ3n) is 10.5. The Bertz CT molecular complexity index is 1560. The Hall–Kier alpha value is -2.59. The van der Waals surface area contributed by atoms with E-state index in [0.717, 1.165) is 49.4 Å². The van der Waals surface area contributed by atoms with E-state index in [1.54, 1.807) is 39.2 Å². The van der Waals surface area contributed by atoms with Crippen LogP contribution in [0.3, 0.4) is 0 Å². The number of hydrogen-bond donors (Lipinski definition) is 2. The smallest absolute Gasteiger partial charge is 0.264 e. The van der Waals surface area contributed by atoms with Gasteiger partial charge < -0.3 is 19.5 Å². The topological polar surface area (TPSA) is 105 Å². The second kappa shape index (κ2) is 12.9. The standard InChI is InChI=1S/C35H45ClN2O6S/c1-22(39)15-24-6-12-32(43-3)29-10-7-27(29)19-38-20-35(14-4-5-25-17-28(36)9-11-30(25)35)21-44-33-13-8-26(18-31(33)38)34(40)37-45(41,42)23(2)16-24/h6,8-9,11-13,17-18,22-24,27,29,32,39H,4-5,7,10,14-16,19-21H2,1-3H3,(H,37,40)/b12-6+/t22-,23+,24+,27-,29+,32-,35-/m0/s1. The maximum Gasteiger partial charge on any atom is 0.264 e. The molecule has 2 aromatic carbocycles. The van der Waals surface area contributed by atoms with E-state index in [2.05, 4.69) is 27.8 Å². The van der Waals surface area contributed by atoms with Gasteiger partial charge in [-0.3, -0.25) is 4.79 Å². The van der Waals surface area contributed by atoms with Crippen LogP contribution in [0.15, 0.2) is 48.6 Å². The molecule has 244 valence electrons. The lowest BCUT2D eigenvalue weighted by Gasteiger charge is -2.46. The van der Waals surface area contributed by atoms with Gasteiger partial charge >= 0.3 is 0 Å². The number of allylic oxidation sites excluding steroid dienone is 1. The maximum absolute atomic E-state index is 13.5. The van der Waals surface area contributed by atoms with Crippen LogP contribution < -0.4 is 14.4 Å². The van der Waals surface area contributed by atoms with Crippen LogP contribution >= 0.6 is 11.6 Å². The molecule has 1 amide bonds. The Labute approximate surface area is 272 Å². The van der Waals surface area contributed by atoms with Crippen molar-refractivity contribution in [2.75, 3.05) is 31.7 Å². The van der Waals surface area contributed by atoms with Crippen molar-refractivity contribution >= 4 is 33.2 Å². The summed E-state index contributed by atoms with van der Waals surface area (Å²) in [5, 5.41) is 10.1. The molecular weight excluding hydrogens is 612 g/mol. The van der Waals surface area contributed by atoms with Gasteiger partial charge in [0.25, 0.3) is 5.91 Å². The number of rotatable bonds is 3. The number of sulfonamides is 1. The van der Waals surface area contributed by atoms with E-state index in [-0.39, 0.29) is 29.4 Å². The van der Waals surface area contributed by atoms with E-state index < -0.39 is 27.3 Å². The van der Waals surface area contributed by atoms with Crippen LogP contribution in [-0.4, -0.2) is 63.7 Å². The highest BCUT2D eigenvalue weighted by molar-refractivity contribution is 7.90. The van der Waals surface area contributed by atoms with Gasteiger partial charge in [-0.2, -0.15) is 0 Å². The Morgan fingerprint density at radius 3 is 2.76 bits per heavy atom. The number of aliphatic hydroxyl groups is 1. The molecule has 8 nitrogen and oxygen atoms in total. The van der Waals surface area contributed by atoms with Crippen LogP contribution in [0.25, 0.3) is 0 Å². The van der Waals surface area contributed by atoms with E-state index in [0.29, 0.717) is 37.2 Å². The number of aryl methyl sites for hydroxylation is 1. The minimum absolute atomic E-state index is 0.125. The summed E-state index contributed by atoms with van der Waals surface area (Å²) in [5.41, 5.74) is 3.36. The Morgan fingerprint density at radius 1 is 1.20 bits per heavy atom. The van der Waals surface area contributed by atoms with E-state index in [1.165, 1.54) is 11.1 Å². The van der Waals surface area contributed by atoms with E-state index in [9.17, 15) is 18.3 Å². The Morgan fingerprint density at radius 2 is 2.02 bits per heavy atom. The minimum atomic E-state index is -3.99.